The molecule has 40 heavy (non-hydrogen) atoms. The first-order valence-corrected chi connectivity index (χ1v) is 15.6. The third-order valence-electron chi connectivity index (χ3n) is 11.9. The molecule has 4 aliphatic rings. The monoisotopic (exact) mass is 566 g/mol. The molecule has 0 amide bonds. The van der Waals surface area contributed by atoms with E-state index < -0.39 is 36.1 Å². The Bertz CT molecular complexity index is 930. The number of carboxylic acids is 1. The van der Waals surface area contributed by atoms with Gasteiger partial charge in [-0.25, -0.2) is 0 Å². The Labute approximate surface area is 239 Å². The van der Waals surface area contributed by atoms with Gasteiger partial charge < -0.3 is 30.3 Å². The van der Waals surface area contributed by atoms with Gasteiger partial charge in [0.25, 0.3) is 0 Å². The third kappa shape index (κ3) is 5.84. The number of hydrogen-bond donors (Lipinski definition) is 5. The fraction of sp³-hybridized carbons (Fsp3) is 0.938. The largest absolute Gasteiger partial charge is 0.481 e. The van der Waals surface area contributed by atoms with Gasteiger partial charge in [-0.2, -0.15) is 0 Å². The Morgan fingerprint density at radius 2 is 1.62 bits per heavy atom. The molecule has 8 heteroatoms. The van der Waals surface area contributed by atoms with Crippen molar-refractivity contribution in [3.8, 4) is 0 Å². The normalized spacial score (nSPS) is 43.5. The van der Waals surface area contributed by atoms with E-state index in [9.17, 15) is 30.0 Å². The van der Waals surface area contributed by atoms with Gasteiger partial charge >= 0.3 is 11.9 Å². The van der Waals surface area contributed by atoms with E-state index in [0.717, 1.165) is 32.1 Å². The minimum Gasteiger partial charge on any atom is -0.481 e. The lowest BCUT2D eigenvalue weighted by atomic mass is 9.43. The van der Waals surface area contributed by atoms with Crippen LogP contribution in [0.4, 0.5) is 0 Å². The van der Waals surface area contributed by atoms with Crippen molar-refractivity contribution in [3.05, 3.63) is 0 Å². The Morgan fingerprint density at radius 1 is 0.950 bits per heavy atom. The van der Waals surface area contributed by atoms with E-state index >= 15 is 0 Å². The second kappa shape index (κ2) is 11.5. The third-order valence-corrected chi connectivity index (χ3v) is 11.9. The van der Waals surface area contributed by atoms with Crippen LogP contribution in [0.2, 0.25) is 0 Å². The summed E-state index contributed by atoms with van der Waals surface area (Å²) in [4.78, 5) is 24.3. The van der Waals surface area contributed by atoms with E-state index in [1.54, 1.807) is 0 Å². The molecule has 0 radical (unpaired) electrons. The molecule has 5 N–H and O–H groups in total. The topological polar surface area (TPSA) is 145 Å². The summed E-state index contributed by atoms with van der Waals surface area (Å²) in [5.74, 6) is -0.375. The molecule has 4 saturated carbocycles. The van der Waals surface area contributed by atoms with Crippen LogP contribution in [0.3, 0.4) is 0 Å². The van der Waals surface area contributed by atoms with Gasteiger partial charge in [-0.15, -0.1) is 0 Å². The molecule has 8 nitrogen and oxygen atoms in total. The number of hydrogen-bond acceptors (Lipinski definition) is 7. The fourth-order valence-electron chi connectivity index (χ4n) is 9.87. The van der Waals surface area contributed by atoms with E-state index in [0.29, 0.717) is 19.3 Å². The average Bonchev–Trinajstić information content (AvgIpc) is 3.17. The van der Waals surface area contributed by atoms with Crippen LogP contribution < -0.4 is 0 Å². The number of fused-ring (bicyclic) bond motifs is 5. The first-order chi connectivity index (χ1) is 18.5. The summed E-state index contributed by atoms with van der Waals surface area (Å²) in [7, 11) is 0. The van der Waals surface area contributed by atoms with Crippen molar-refractivity contribution in [1.29, 1.82) is 0 Å². The molecular weight excluding hydrogens is 512 g/mol. The van der Waals surface area contributed by atoms with Gasteiger partial charge in [-0.05, 0) is 119 Å². The zero-order chi connectivity index (χ0) is 29.8. The molecule has 0 aromatic carbocycles. The van der Waals surface area contributed by atoms with E-state index in [1.807, 2.05) is 20.8 Å². The molecule has 0 aromatic heterocycles. The first-order valence-electron chi connectivity index (χ1n) is 15.6. The maximum Gasteiger partial charge on any atom is 0.311 e. The Kier molecular flexibility index (Phi) is 9.09. The van der Waals surface area contributed by atoms with Crippen LogP contribution in [0.1, 0.15) is 106 Å². The van der Waals surface area contributed by atoms with Crippen molar-refractivity contribution in [2.45, 2.75) is 136 Å². The number of rotatable bonds is 8. The Morgan fingerprint density at radius 3 is 2.25 bits per heavy atom. The van der Waals surface area contributed by atoms with Gasteiger partial charge in [-0.3, -0.25) is 9.59 Å². The molecule has 4 aliphatic carbocycles. The standard InChI is InChI=1S/C32H54O8/c1-17(11-20(34)14-21(35)15-27(37)38)22-7-8-23-28-24(16-26(32(22,23)6)40-29(39)30(2,3)4)31(5)10-9-19(33)12-18(31)13-25(28)36/h17-26,28,33-36H,7-16H2,1-6H3,(H,37,38)/t17-,18+,19-,20?,21?,22-,23+,24+,25-,26+,28+,31+,32-/m1/s1. The lowest BCUT2D eigenvalue weighted by molar-refractivity contribution is -0.221. The van der Waals surface area contributed by atoms with Gasteiger partial charge in [0.1, 0.15) is 6.10 Å². The van der Waals surface area contributed by atoms with Crippen LogP contribution in [0.15, 0.2) is 0 Å². The van der Waals surface area contributed by atoms with Crippen molar-refractivity contribution in [2.24, 2.45) is 51.8 Å². The molecule has 0 saturated heterocycles. The van der Waals surface area contributed by atoms with Crippen molar-refractivity contribution < 1.29 is 39.9 Å². The summed E-state index contributed by atoms with van der Waals surface area (Å²) < 4.78 is 6.46. The molecule has 0 bridgehead atoms. The highest BCUT2D eigenvalue weighted by molar-refractivity contribution is 5.75. The van der Waals surface area contributed by atoms with E-state index in [1.165, 1.54) is 0 Å². The summed E-state index contributed by atoms with van der Waals surface area (Å²) in [5, 5.41) is 51.9. The van der Waals surface area contributed by atoms with Gasteiger partial charge in [-0.1, -0.05) is 20.8 Å². The van der Waals surface area contributed by atoms with Crippen LogP contribution in [0.25, 0.3) is 0 Å². The highest BCUT2D eigenvalue weighted by Crippen LogP contribution is 2.69. The highest BCUT2D eigenvalue weighted by Gasteiger charge is 2.67. The van der Waals surface area contributed by atoms with Gasteiger partial charge in [0.2, 0.25) is 0 Å². The number of aliphatic hydroxyl groups excluding tert-OH is 4. The zero-order valence-corrected chi connectivity index (χ0v) is 25.4. The summed E-state index contributed by atoms with van der Waals surface area (Å²) in [6.45, 7) is 12.3. The van der Waals surface area contributed by atoms with Crippen molar-refractivity contribution in [1.82, 2.24) is 0 Å². The van der Waals surface area contributed by atoms with Crippen LogP contribution in [0.5, 0.6) is 0 Å². The summed E-state index contributed by atoms with van der Waals surface area (Å²) in [6, 6.07) is 0. The number of carbonyl (C=O) groups is 2. The number of aliphatic hydroxyl groups is 4. The van der Waals surface area contributed by atoms with Crippen molar-refractivity contribution in [3.63, 3.8) is 0 Å². The second-order valence-corrected chi connectivity index (χ2v) is 15.5. The molecular formula is C32H54O8. The smallest absolute Gasteiger partial charge is 0.311 e. The summed E-state index contributed by atoms with van der Waals surface area (Å²) in [5.41, 5.74) is -1.04. The van der Waals surface area contributed by atoms with Crippen molar-refractivity contribution >= 4 is 11.9 Å². The molecule has 0 aliphatic heterocycles. The number of carbonyl (C=O) groups excluding carboxylic acids is 1. The first kappa shape index (κ1) is 31.7. The molecule has 4 rings (SSSR count). The molecule has 13 atom stereocenters. The SMILES string of the molecule is C[C@H](CC(O)CC(O)CC(=O)O)[C@H]1CC[C@H]2[C@@H]3[C@H](O)C[C@@H]4C[C@H](O)CC[C@]4(C)[C@H]3C[C@H](OC(=O)C(C)(C)C)[C@]12C. The molecule has 230 valence electrons. The van der Waals surface area contributed by atoms with Gasteiger partial charge in [0.05, 0.1) is 36.3 Å². The summed E-state index contributed by atoms with van der Waals surface area (Å²) >= 11 is 0. The lowest BCUT2D eigenvalue weighted by Gasteiger charge is -2.64. The maximum absolute atomic E-state index is 13.3. The van der Waals surface area contributed by atoms with E-state index in [4.69, 9.17) is 9.84 Å². The van der Waals surface area contributed by atoms with Gasteiger partial charge in [0, 0.05) is 5.41 Å². The van der Waals surface area contributed by atoms with Crippen LogP contribution in [0, 0.1) is 51.8 Å². The molecule has 0 spiro atoms. The van der Waals surface area contributed by atoms with Crippen LogP contribution in [-0.4, -0.2) is 68.0 Å². The molecule has 0 heterocycles. The van der Waals surface area contributed by atoms with Crippen molar-refractivity contribution in [2.75, 3.05) is 0 Å². The average molecular weight is 567 g/mol. The summed E-state index contributed by atoms with van der Waals surface area (Å²) in [6.07, 6.45) is 2.68. The number of carboxylic acid groups (broad SMARTS) is 1. The van der Waals surface area contributed by atoms with E-state index in [2.05, 4.69) is 20.8 Å². The predicted molar refractivity (Wildman–Crippen MR) is 150 cm³/mol. The van der Waals surface area contributed by atoms with Crippen LogP contribution in [-0.2, 0) is 14.3 Å². The zero-order valence-electron chi connectivity index (χ0n) is 25.4. The van der Waals surface area contributed by atoms with Crippen LogP contribution >= 0.6 is 0 Å². The predicted octanol–water partition coefficient (Wildman–Crippen LogP) is 4.16. The molecule has 2 unspecified atom stereocenters. The second-order valence-electron chi connectivity index (χ2n) is 15.5. The number of ether oxygens (including phenoxy) is 1. The van der Waals surface area contributed by atoms with Gasteiger partial charge in [0.15, 0.2) is 0 Å². The minimum absolute atomic E-state index is 0.0148. The maximum atomic E-state index is 13.3. The molecule has 0 aromatic rings. The fourth-order valence-corrected chi connectivity index (χ4v) is 9.87. The Balaban J connectivity index is 1.63. The minimum atomic E-state index is -1.09. The highest BCUT2D eigenvalue weighted by atomic mass is 16.5. The number of aliphatic carboxylic acids is 1. The Hall–Kier alpha value is -1.22. The molecule has 4 fully saturated rings. The quantitative estimate of drug-likeness (QED) is 0.276. The number of esters is 1. The van der Waals surface area contributed by atoms with E-state index in [-0.39, 0.29) is 70.9 Å². The lowest BCUT2D eigenvalue weighted by Crippen LogP contribution is -2.63.